The summed E-state index contributed by atoms with van der Waals surface area (Å²) >= 11 is 0. The van der Waals surface area contributed by atoms with Gasteiger partial charge in [0.2, 0.25) is 0 Å². The van der Waals surface area contributed by atoms with Crippen molar-refractivity contribution >= 4 is 11.9 Å². The summed E-state index contributed by atoms with van der Waals surface area (Å²) in [6.07, 6.45) is 0.288. The van der Waals surface area contributed by atoms with Gasteiger partial charge in [0.1, 0.15) is 5.75 Å². The zero-order chi connectivity index (χ0) is 18.9. The third kappa shape index (κ3) is 6.59. The van der Waals surface area contributed by atoms with Crippen LogP contribution in [0.5, 0.6) is 5.75 Å². The lowest BCUT2D eigenvalue weighted by Gasteiger charge is -2.21. The minimum Gasteiger partial charge on any atom is -0.481 e. The van der Waals surface area contributed by atoms with Gasteiger partial charge in [-0.3, -0.25) is 9.59 Å². The molecule has 5 heteroatoms. The van der Waals surface area contributed by atoms with Crippen molar-refractivity contribution in [2.24, 2.45) is 0 Å². The molecule has 0 heterocycles. The van der Waals surface area contributed by atoms with Crippen molar-refractivity contribution in [2.75, 3.05) is 0 Å². The highest BCUT2D eigenvalue weighted by molar-refractivity contribution is 5.81. The monoisotopic (exact) mass is 355 g/mol. The van der Waals surface area contributed by atoms with Crippen molar-refractivity contribution in [1.29, 1.82) is 0 Å². The number of carbonyl (C=O) groups is 2. The molecule has 2 unspecified atom stereocenters. The van der Waals surface area contributed by atoms with Crippen LogP contribution < -0.4 is 10.1 Å². The Hall–Kier alpha value is -2.82. The first-order valence-corrected chi connectivity index (χ1v) is 8.73. The molecule has 2 aromatic rings. The van der Waals surface area contributed by atoms with E-state index in [0.29, 0.717) is 18.6 Å². The molecule has 0 aliphatic heterocycles. The molecule has 0 aliphatic rings. The summed E-state index contributed by atoms with van der Waals surface area (Å²) in [4.78, 5) is 23.4. The number of carboxylic acids is 1. The molecule has 138 valence electrons. The van der Waals surface area contributed by atoms with E-state index in [-0.39, 0.29) is 18.4 Å². The summed E-state index contributed by atoms with van der Waals surface area (Å²) in [5, 5.41) is 11.9. The fourth-order valence-corrected chi connectivity index (χ4v) is 2.61. The Labute approximate surface area is 154 Å². The normalized spacial score (nSPS) is 12.8. The number of benzene rings is 2. The Kier molecular flexibility index (Phi) is 7.21. The van der Waals surface area contributed by atoms with Gasteiger partial charge in [0, 0.05) is 12.5 Å². The average molecular weight is 355 g/mol. The summed E-state index contributed by atoms with van der Waals surface area (Å²) in [6.45, 7) is 3.67. The van der Waals surface area contributed by atoms with E-state index in [4.69, 9.17) is 9.84 Å². The maximum Gasteiger partial charge on any atom is 0.303 e. The Morgan fingerprint density at radius 2 is 1.73 bits per heavy atom. The number of hydrogen-bond donors (Lipinski definition) is 2. The second kappa shape index (κ2) is 9.61. The van der Waals surface area contributed by atoms with Gasteiger partial charge in [-0.25, -0.2) is 0 Å². The lowest BCUT2D eigenvalue weighted by Crippen LogP contribution is -2.43. The number of carbonyl (C=O) groups excluding carboxylic acids is 1. The Morgan fingerprint density at radius 1 is 1.08 bits per heavy atom. The van der Waals surface area contributed by atoms with Gasteiger partial charge in [-0.05, 0) is 44.4 Å². The Bertz CT molecular complexity index is 713. The molecule has 1 amide bonds. The van der Waals surface area contributed by atoms with Crippen LogP contribution in [0.2, 0.25) is 0 Å². The van der Waals surface area contributed by atoms with E-state index in [0.717, 1.165) is 11.1 Å². The predicted octanol–water partition coefficient (Wildman–Crippen LogP) is 3.35. The van der Waals surface area contributed by atoms with Gasteiger partial charge >= 0.3 is 5.97 Å². The van der Waals surface area contributed by atoms with Crippen LogP contribution in [0.4, 0.5) is 0 Å². The van der Waals surface area contributed by atoms with E-state index in [9.17, 15) is 9.59 Å². The molecule has 2 atom stereocenters. The fraction of sp³-hybridized carbons (Fsp3) is 0.333. The third-order valence-electron chi connectivity index (χ3n) is 4.08. The summed E-state index contributed by atoms with van der Waals surface area (Å²) in [5.74, 6) is -0.499. The number of amides is 1. The maximum atomic E-state index is 12.5. The summed E-state index contributed by atoms with van der Waals surface area (Å²) in [6, 6.07) is 16.9. The van der Waals surface area contributed by atoms with Gasteiger partial charge in [0.05, 0.1) is 0 Å². The number of nitrogens with one attached hydrogen (secondary N) is 1. The number of ether oxygens (including phenoxy) is 1. The van der Waals surface area contributed by atoms with Crippen molar-refractivity contribution in [1.82, 2.24) is 5.32 Å². The van der Waals surface area contributed by atoms with E-state index in [1.54, 1.807) is 6.92 Å². The van der Waals surface area contributed by atoms with Gasteiger partial charge in [0.25, 0.3) is 5.91 Å². The highest BCUT2D eigenvalue weighted by Crippen LogP contribution is 2.14. The van der Waals surface area contributed by atoms with Gasteiger partial charge in [-0.1, -0.05) is 48.0 Å². The topological polar surface area (TPSA) is 75.6 Å². The average Bonchev–Trinajstić information content (AvgIpc) is 2.62. The fourth-order valence-electron chi connectivity index (χ4n) is 2.61. The molecule has 0 aromatic heterocycles. The van der Waals surface area contributed by atoms with Crippen molar-refractivity contribution in [3.63, 3.8) is 0 Å². The van der Waals surface area contributed by atoms with E-state index in [2.05, 4.69) is 5.32 Å². The quantitative estimate of drug-likeness (QED) is 0.723. The maximum absolute atomic E-state index is 12.5. The van der Waals surface area contributed by atoms with Crippen LogP contribution in [0, 0.1) is 6.92 Å². The third-order valence-corrected chi connectivity index (χ3v) is 4.08. The summed E-state index contributed by atoms with van der Waals surface area (Å²) in [5.41, 5.74) is 2.17. The van der Waals surface area contributed by atoms with Crippen LogP contribution in [0.25, 0.3) is 0 Å². The first-order chi connectivity index (χ1) is 12.4. The second-order valence-electron chi connectivity index (χ2n) is 6.40. The molecule has 0 bridgehead atoms. The lowest BCUT2D eigenvalue weighted by atomic mass is 10.0. The van der Waals surface area contributed by atoms with Gasteiger partial charge < -0.3 is 15.2 Å². The molecule has 0 aliphatic carbocycles. The standard InChI is InChI=1S/C21H25NO4/c1-15-8-11-19(12-9-15)26-16(2)21(25)22-18(10-13-20(23)24)14-17-6-4-3-5-7-17/h3-9,11-12,16,18H,10,13-14H2,1-2H3,(H,22,25)(H,23,24). The molecular formula is C21H25NO4. The first kappa shape index (κ1) is 19.5. The van der Waals surface area contributed by atoms with E-state index in [1.165, 1.54) is 0 Å². The SMILES string of the molecule is Cc1ccc(OC(C)C(=O)NC(CCC(=O)O)Cc2ccccc2)cc1. The van der Waals surface area contributed by atoms with E-state index < -0.39 is 12.1 Å². The molecule has 5 nitrogen and oxygen atoms in total. The van der Waals surface area contributed by atoms with Crippen molar-refractivity contribution in [2.45, 2.75) is 45.3 Å². The largest absolute Gasteiger partial charge is 0.481 e. The zero-order valence-corrected chi connectivity index (χ0v) is 15.1. The smallest absolute Gasteiger partial charge is 0.303 e. The second-order valence-corrected chi connectivity index (χ2v) is 6.40. The zero-order valence-electron chi connectivity index (χ0n) is 15.1. The summed E-state index contributed by atoms with van der Waals surface area (Å²) in [7, 11) is 0. The van der Waals surface area contributed by atoms with Crippen molar-refractivity contribution < 1.29 is 19.4 Å². The van der Waals surface area contributed by atoms with Crippen LogP contribution in [-0.2, 0) is 16.0 Å². The van der Waals surface area contributed by atoms with Gasteiger partial charge in [-0.2, -0.15) is 0 Å². The number of hydrogen-bond acceptors (Lipinski definition) is 3. The molecular weight excluding hydrogens is 330 g/mol. The molecule has 0 radical (unpaired) electrons. The first-order valence-electron chi connectivity index (χ1n) is 8.73. The number of rotatable bonds is 9. The molecule has 0 fully saturated rings. The molecule has 0 saturated heterocycles. The van der Waals surface area contributed by atoms with Crippen molar-refractivity contribution in [3.05, 3.63) is 65.7 Å². The van der Waals surface area contributed by atoms with E-state index >= 15 is 0 Å². The van der Waals surface area contributed by atoms with Crippen LogP contribution in [0.15, 0.2) is 54.6 Å². The van der Waals surface area contributed by atoms with Crippen molar-refractivity contribution in [3.8, 4) is 5.75 Å². The molecule has 26 heavy (non-hydrogen) atoms. The lowest BCUT2D eigenvalue weighted by molar-refractivity contribution is -0.137. The summed E-state index contributed by atoms with van der Waals surface area (Å²) < 4.78 is 5.68. The minimum atomic E-state index is -0.874. The minimum absolute atomic E-state index is 0.00494. The Morgan fingerprint density at radius 3 is 2.35 bits per heavy atom. The highest BCUT2D eigenvalue weighted by atomic mass is 16.5. The Balaban J connectivity index is 1.96. The van der Waals surface area contributed by atoms with E-state index in [1.807, 2.05) is 61.5 Å². The number of aliphatic carboxylic acids is 1. The molecule has 2 rings (SSSR count). The van der Waals surface area contributed by atoms with Gasteiger partial charge in [0.15, 0.2) is 6.10 Å². The van der Waals surface area contributed by atoms with Gasteiger partial charge in [-0.15, -0.1) is 0 Å². The highest BCUT2D eigenvalue weighted by Gasteiger charge is 2.20. The molecule has 0 spiro atoms. The number of carboxylic acid groups (broad SMARTS) is 1. The molecule has 2 aromatic carbocycles. The molecule has 2 N–H and O–H groups in total. The van der Waals surface area contributed by atoms with Crippen LogP contribution in [-0.4, -0.2) is 29.1 Å². The number of aryl methyl sites for hydroxylation is 1. The van der Waals surface area contributed by atoms with Crippen LogP contribution >= 0.6 is 0 Å². The van der Waals surface area contributed by atoms with Crippen LogP contribution in [0.1, 0.15) is 30.9 Å². The predicted molar refractivity (Wildman–Crippen MR) is 100 cm³/mol. The molecule has 0 saturated carbocycles. The van der Waals surface area contributed by atoms with Crippen LogP contribution in [0.3, 0.4) is 0 Å².